The minimum absolute atomic E-state index is 1.13. The zero-order chi connectivity index (χ0) is 7.26. The van der Waals surface area contributed by atoms with Crippen molar-refractivity contribution in [1.82, 2.24) is 9.97 Å². The predicted molar refractivity (Wildman–Crippen MR) is 43.0 cm³/mol. The summed E-state index contributed by atoms with van der Waals surface area (Å²) in [6.07, 6.45) is 5.83. The van der Waals surface area contributed by atoms with E-state index in [9.17, 15) is 0 Å². The fraction of sp³-hybridized carbons (Fsp3) is 0. The standard InChI is InChI=1S/C9H6N2/c1-2-6-7-4-10-5-8(7)9(6)11-3-1/h1-5,10H. The Morgan fingerprint density at radius 2 is 2.00 bits per heavy atom. The third kappa shape index (κ3) is 0.463. The van der Waals surface area contributed by atoms with Crippen LogP contribution in [0.25, 0.3) is 22.4 Å². The second-order valence-corrected chi connectivity index (χ2v) is 2.68. The fourth-order valence-corrected chi connectivity index (χ4v) is 1.56. The van der Waals surface area contributed by atoms with E-state index in [0.29, 0.717) is 0 Å². The van der Waals surface area contributed by atoms with Crippen molar-refractivity contribution >= 4 is 0 Å². The Morgan fingerprint density at radius 3 is 3.00 bits per heavy atom. The third-order valence-electron chi connectivity index (χ3n) is 2.10. The summed E-state index contributed by atoms with van der Waals surface area (Å²) in [6.45, 7) is 0. The summed E-state index contributed by atoms with van der Waals surface area (Å²) in [6, 6.07) is 4.06. The normalized spacial score (nSPS) is 11.6. The molecule has 1 aliphatic carbocycles. The summed E-state index contributed by atoms with van der Waals surface area (Å²) < 4.78 is 0. The molecule has 11 heavy (non-hydrogen) atoms. The monoisotopic (exact) mass is 142 g/mol. The lowest BCUT2D eigenvalue weighted by Crippen LogP contribution is -1.96. The van der Waals surface area contributed by atoms with Crippen LogP contribution in [-0.4, -0.2) is 9.97 Å². The van der Waals surface area contributed by atoms with Crippen molar-refractivity contribution in [3.63, 3.8) is 0 Å². The van der Waals surface area contributed by atoms with Gasteiger partial charge in [0.2, 0.25) is 0 Å². The van der Waals surface area contributed by atoms with Gasteiger partial charge in [0.15, 0.2) is 0 Å². The highest BCUT2D eigenvalue weighted by molar-refractivity contribution is 5.99. The summed E-state index contributed by atoms with van der Waals surface area (Å²) in [5.74, 6) is 0. The van der Waals surface area contributed by atoms with E-state index in [1.54, 1.807) is 0 Å². The molecule has 2 heteroatoms. The van der Waals surface area contributed by atoms with Crippen LogP contribution in [0, 0.1) is 0 Å². The van der Waals surface area contributed by atoms with Crippen LogP contribution in [0.3, 0.4) is 0 Å². The van der Waals surface area contributed by atoms with E-state index in [4.69, 9.17) is 0 Å². The third-order valence-corrected chi connectivity index (χ3v) is 2.10. The number of rotatable bonds is 0. The van der Waals surface area contributed by atoms with Crippen LogP contribution in [0.2, 0.25) is 0 Å². The van der Waals surface area contributed by atoms with E-state index in [-0.39, 0.29) is 0 Å². The lowest BCUT2D eigenvalue weighted by Gasteiger charge is -2.16. The van der Waals surface area contributed by atoms with E-state index >= 15 is 0 Å². The summed E-state index contributed by atoms with van der Waals surface area (Å²) in [5.41, 5.74) is 4.95. The highest BCUT2D eigenvalue weighted by atomic mass is 14.7. The summed E-state index contributed by atoms with van der Waals surface area (Å²) in [5, 5.41) is 0. The Morgan fingerprint density at radius 1 is 1.09 bits per heavy atom. The zero-order valence-electron chi connectivity index (χ0n) is 5.83. The van der Waals surface area contributed by atoms with E-state index in [1.165, 1.54) is 16.7 Å². The first-order valence-electron chi connectivity index (χ1n) is 3.59. The van der Waals surface area contributed by atoms with E-state index < -0.39 is 0 Å². The molecule has 1 N–H and O–H groups in total. The molecule has 0 spiro atoms. The van der Waals surface area contributed by atoms with Crippen molar-refractivity contribution in [2.45, 2.75) is 0 Å². The molecule has 0 bridgehead atoms. The molecule has 0 saturated carbocycles. The van der Waals surface area contributed by atoms with Gasteiger partial charge < -0.3 is 4.98 Å². The van der Waals surface area contributed by atoms with Gasteiger partial charge in [0.1, 0.15) is 0 Å². The summed E-state index contributed by atoms with van der Waals surface area (Å²) >= 11 is 0. The van der Waals surface area contributed by atoms with Gasteiger partial charge in [0.05, 0.1) is 5.69 Å². The van der Waals surface area contributed by atoms with Crippen LogP contribution < -0.4 is 0 Å². The maximum absolute atomic E-state index is 4.26. The molecule has 0 atom stereocenters. The number of nitrogens with one attached hydrogen (secondary N) is 1. The Kier molecular flexibility index (Phi) is 0.714. The number of aromatic amines is 1. The smallest absolute Gasteiger partial charge is 0.0802 e. The van der Waals surface area contributed by atoms with Crippen LogP contribution in [-0.2, 0) is 0 Å². The van der Waals surface area contributed by atoms with Crippen LogP contribution >= 0.6 is 0 Å². The topological polar surface area (TPSA) is 28.7 Å². The van der Waals surface area contributed by atoms with Crippen molar-refractivity contribution < 1.29 is 0 Å². The molecule has 0 amide bonds. The number of fused-ring (bicyclic) bond motifs is 4. The molecule has 0 unspecified atom stereocenters. The van der Waals surface area contributed by atoms with Crippen molar-refractivity contribution in [3.8, 4) is 22.4 Å². The fourth-order valence-electron chi connectivity index (χ4n) is 1.56. The lowest BCUT2D eigenvalue weighted by molar-refractivity contribution is 1.30. The maximum Gasteiger partial charge on any atom is 0.0802 e. The second kappa shape index (κ2) is 1.53. The Labute approximate surface area is 63.9 Å². The van der Waals surface area contributed by atoms with Gasteiger partial charge in [-0.2, -0.15) is 0 Å². The second-order valence-electron chi connectivity index (χ2n) is 2.68. The SMILES string of the molecule is c1cnc2c(c1)-c1c[nH]cc1-2. The molecule has 2 aromatic heterocycles. The summed E-state index contributed by atoms with van der Waals surface area (Å²) in [4.78, 5) is 7.33. The van der Waals surface area contributed by atoms with Crippen LogP contribution in [0.1, 0.15) is 0 Å². The van der Waals surface area contributed by atoms with Gasteiger partial charge in [-0.1, -0.05) is 6.07 Å². The zero-order valence-corrected chi connectivity index (χ0v) is 5.83. The van der Waals surface area contributed by atoms with Crippen molar-refractivity contribution in [2.24, 2.45) is 0 Å². The van der Waals surface area contributed by atoms with E-state index in [2.05, 4.69) is 16.0 Å². The molecule has 2 nitrogen and oxygen atoms in total. The number of pyridine rings is 1. The molecule has 0 aromatic carbocycles. The van der Waals surface area contributed by atoms with Gasteiger partial charge in [-0.15, -0.1) is 0 Å². The molecule has 52 valence electrons. The summed E-state index contributed by atoms with van der Waals surface area (Å²) in [7, 11) is 0. The lowest BCUT2D eigenvalue weighted by atomic mass is 9.89. The average Bonchev–Trinajstić information content (AvgIpc) is 2.44. The number of H-pyrrole nitrogens is 1. The predicted octanol–water partition coefficient (Wildman–Crippen LogP) is 2.06. The molecular weight excluding hydrogens is 136 g/mol. The van der Waals surface area contributed by atoms with Gasteiger partial charge in [0, 0.05) is 35.3 Å². The largest absolute Gasteiger partial charge is 0.366 e. The molecule has 0 fully saturated rings. The highest BCUT2D eigenvalue weighted by Crippen LogP contribution is 2.44. The first-order valence-corrected chi connectivity index (χ1v) is 3.59. The Balaban J connectivity index is 2.38. The number of hydrogen-bond donors (Lipinski definition) is 1. The van der Waals surface area contributed by atoms with Gasteiger partial charge in [-0.3, -0.25) is 4.98 Å². The molecule has 0 saturated heterocycles. The molecule has 0 radical (unpaired) electrons. The molecule has 2 heterocycles. The van der Waals surface area contributed by atoms with Gasteiger partial charge in [-0.05, 0) is 6.07 Å². The van der Waals surface area contributed by atoms with Crippen LogP contribution in [0.15, 0.2) is 30.7 Å². The first-order chi connectivity index (χ1) is 5.47. The highest BCUT2D eigenvalue weighted by Gasteiger charge is 2.23. The van der Waals surface area contributed by atoms with E-state index in [1.807, 2.05) is 24.7 Å². The van der Waals surface area contributed by atoms with Crippen molar-refractivity contribution in [2.75, 3.05) is 0 Å². The van der Waals surface area contributed by atoms with Crippen molar-refractivity contribution in [1.29, 1.82) is 0 Å². The van der Waals surface area contributed by atoms with E-state index in [0.717, 1.165) is 5.69 Å². The minimum Gasteiger partial charge on any atom is -0.366 e. The van der Waals surface area contributed by atoms with Gasteiger partial charge in [0.25, 0.3) is 0 Å². The first kappa shape index (κ1) is 5.13. The number of aromatic nitrogens is 2. The quantitative estimate of drug-likeness (QED) is 0.511. The molecule has 3 rings (SSSR count). The van der Waals surface area contributed by atoms with Crippen LogP contribution in [0.5, 0.6) is 0 Å². The van der Waals surface area contributed by atoms with Gasteiger partial charge in [-0.25, -0.2) is 0 Å². The molecular formula is C9H6N2. The Hall–Kier alpha value is -1.57. The maximum atomic E-state index is 4.26. The molecule has 2 aromatic rings. The average molecular weight is 142 g/mol. The van der Waals surface area contributed by atoms with Crippen LogP contribution in [0.4, 0.5) is 0 Å². The molecule has 0 aliphatic heterocycles. The molecule has 1 aliphatic rings. The van der Waals surface area contributed by atoms with Gasteiger partial charge >= 0.3 is 0 Å². The number of nitrogens with zero attached hydrogens (tertiary/aromatic N) is 1. The number of hydrogen-bond acceptors (Lipinski definition) is 1. The Bertz CT molecular complexity index is 378. The van der Waals surface area contributed by atoms with Crippen molar-refractivity contribution in [3.05, 3.63) is 30.7 Å². The minimum atomic E-state index is 1.13.